The monoisotopic (exact) mass is 340 g/mol. The summed E-state index contributed by atoms with van der Waals surface area (Å²) in [6, 6.07) is 11.8. The van der Waals surface area contributed by atoms with Gasteiger partial charge in [-0.1, -0.05) is 18.2 Å². The van der Waals surface area contributed by atoms with E-state index in [9.17, 15) is 9.59 Å². The molecule has 0 spiro atoms. The molecule has 24 heavy (non-hydrogen) atoms. The summed E-state index contributed by atoms with van der Waals surface area (Å²) in [4.78, 5) is 28.5. The number of nitrogens with one attached hydrogen (secondary N) is 1. The molecule has 3 rings (SSSR count). The number of para-hydroxylation sites is 1. The molecule has 1 amide bonds. The van der Waals surface area contributed by atoms with E-state index >= 15 is 0 Å². The number of carbonyl (C=O) groups is 1. The molecule has 2 aromatic heterocycles. The van der Waals surface area contributed by atoms with Crippen molar-refractivity contribution in [3.05, 3.63) is 74.6 Å². The van der Waals surface area contributed by atoms with Crippen LogP contribution < -0.4 is 10.9 Å². The molecule has 1 aromatic carbocycles. The summed E-state index contributed by atoms with van der Waals surface area (Å²) >= 11 is 1.59. The molecule has 0 atom stereocenters. The highest BCUT2D eigenvalue weighted by Gasteiger charge is 2.10. The van der Waals surface area contributed by atoms with Crippen LogP contribution in [0.25, 0.3) is 5.69 Å². The zero-order chi connectivity index (χ0) is 16.9. The predicted molar refractivity (Wildman–Crippen MR) is 92.7 cm³/mol. The third-order valence-corrected chi connectivity index (χ3v) is 4.19. The third kappa shape index (κ3) is 3.75. The van der Waals surface area contributed by atoms with E-state index in [1.165, 1.54) is 16.8 Å². The van der Waals surface area contributed by atoms with Crippen LogP contribution in [0, 0.1) is 6.92 Å². The lowest BCUT2D eigenvalue weighted by Crippen LogP contribution is -2.30. The minimum atomic E-state index is -0.313. The average Bonchev–Trinajstić information content (AvgIpc) is 3.01. The Morgan fingerprint density at radius 1 is 1.21 bits per heavy atom. The Kier molecular flexibility index (Phi) is 4.81. The quantitative estimate of drug-likeness (QED) is 0.770. The smallest absolute Gasteiger partial charge is 0.271 e. The van der Waals surface area contributed by atoms with Crippen molar-refractivity contribution in [3.63, 3.8) is 0 Å². The molecule has 3 aromatic rings. The highest BCUT2D eigenvalue weighted by atomic mass is 32.1. The van der Waals surface area contributed by atoms with Gasteiger partial charge in [0.15, 0.2) is 0 Å². The van der Waals surface area contributed by atoms with Crippen molar-refractivity contribution in [1.29, 1.82) is 0 Å². The van der Waals surface area contributed by atoms with E-state index in [-0.39, 0.29) is 17.2 Å². The summed E-state index contributed by atoms with van der Waals surface area (Å²) in [5, 5.41) is 9.94. The Hall–Kier alpha value is -2.80. The summed E-state index contributed by atoms with van der Waals surface area (Å²) in [5.74, 6) is -0.313. The molecule has 0 fully saturated rings. The Labute approximate surface area is 142 Å². The lowest BCUT2D eigenvalue weighted by Gasteiger charge is -2.07. The number of rotatable bonds is 5. The van der Waals surface area contributed by atoms with Crippen LogP contribution in [0.4, 0.5) is 0 Å². The first-order valence-electron chi connectivity index (χ1n) is 7.48. The molecule has 0 unspecified atom stereocenters. The van der Waals surface area contributed by atoms with Gasteiger partial charge in [0, 0.05) is 24.4 Å². The SMILES string of the molecule is Cc1nc(CCNC(=O)c2ccc(=O)n(-c3ccccc3)n2)cs1. The number of amides is 1. The maximum Gasteiger partial charge on any atom is 0.271 e. The van der Waals surface area contributed by atoms with Crippen LogP contribution in [-0.2, 0) is 6.42 Å². The summed E-state index contributed by atoms with van der Waals surface area (Å²) in [5.41, 5.74) is 1.50. The van der Waals surface area contributed by atoms with E-state index in [0.717, 1.165) is 10.7 Å². The van der Waals surface area contributed by atoms with Gasteiger partial charge in [-0.2, -0.15) is 9.78 Å². The minimum Gasteiger partial charge on any atom is -0.350 e. The highest BCUT2D eigenvalue weighted by Crippen LogP contribution is 2.08. The first-order valence-corrected chi connectivity index (χ1v) is 8.36. The first-order chi connectivity index (χ1) is 11.6. The van der Waals surface area contributed by atoms with Crippen molar-refractivity contribution >= 4 is 17.2 Å². The van der Waals surface area contributed by atoms with Crippen molar-refractivity contribution in [2.24, 2.45) is 0 Å². The van der Waals surface area contributed by atoms with Crippen molar-refractivity contribution in [1.82, 2.24) is 20.1 Å². The number of hydrogen-bond acceptors (Lipinski definition) is 5. The molecule has 6 nitrogen and oxygen atoms in total. The standard InChI is InChI=1S/C17H16N4O2S/c1-12-19-13(11-24-12)9-10-18-17(23)15-7-8-16(22)21(20-15)14-5-3-2-4-6-14/h2-8,11H,9-10H2,1H3,(H,18,23). The van der Waals surface area contributed by atoms with Crippen LogP contribution in [0.5, 0.6) is 0 Å². The van der Waals surface area contributed by atoms with E-state index in [4.69, 9.17) is 0 Å². The van der Waals surface area contributed by atoms with Crippen LogP contribution in [0.1, 0.15) is 21.2 Å². The van der Waals surface area contributed by atoms with Crippen LogP contribution in [0.15, 0.2) is 52.6 Å². The van der Waals surface area contributed by atoms with Gasteiger partial charge in [-0.15, -0.1) is 11.3 Å². The number of thiazole rings is 1. The number of aryl methyl sites for hydroxylation is 1. The van der Waals surface area contributed by atoms with E-state index in [0.29, 0.717) is 18.7 Å². The van der Waals surface area contributed by atoms with Crippen molar-refractivity contribution in [3.8, 4) is 5.69 Å². The normalized spacial score (nSPS) is 10.5. The molecule has 1 N–H and O–H groups in total. The van der Waals surface area contributed by atoms with E-state index in [1.54, 1.807) is 23.5 Å². The van der Waals surface area contributed by atoms with Gasteiger partial charge in [0.05, 0.1) is 16.4 Å². The van der Waals surface area contributed by atoms with Gasteiger partial charge in [0.2, 0.25) is 0 Å². The largest absolute Gasteiger partial charge is 0.350 e. The molecule has 0 aliphatic carbocycles. The summed E-state index contributed by atoms with van der Waals surface area (Å²) in [6.45, 7) is 2.41. The number of aromatic nitrogens is 3. The van der Waals surface area contributed by atoms with Crippen molar-refractivity contribution in [2.75, 3.05) is 6.54 Å². The van der Waals surface area contributed by atoms with Gasteiger partial charge in [-0.05, 0) is 25.1 Å². The lowest BCUT2D eigenvalue weighted by molar-refractivity contribution is 0.0947. The Morgan fingerprint density at radius 2 is 2.00 bits per heavy atom. The maximum atomic E-state index is 12.2. The fraction of sp³-hybridized carbons (Fsp3) is 0.176. The number of benzene rings is 1. The van der Waals surface area contributed by atoms with E-state index in [2.05, 4.69) is 15.4 Å². The van der Waals surface area contributed by atoms with E-state index in [1.807, 2.05) is 30.5 Å². The molecule has 0 saturated heterocycles. The Morgan fingerprint density at radius 3 is 2.71 bits per heavy atom. The average molecular weight is 340 g/mol. The van der Waals surface area contributed by atoms with Gasteiger partial charge in [0.1, 0.15) is 5.69 Å². The van der Waals surface area contributed by atoms with Crippen LogP contribution >= 0.6 is 11.3 Å². The number of hydrogen-bond donors (Lipinski definition) is 1. The summed E-state index contributed by atoms with van der Waals surface area (Å²) < 4.78 is 1.22. The minimum absolute atomic E-state index is 0.202. The lowest BCUT2D eigenvalue weighted by atomic mass is 10.3. The fourth-order valence-electron chi connectivity index (χ4n) is 2.20. The van der Waals surface area contributed by atoms with Crippen LogP contribution in [0.2, 0.25) is 0 Å². The van der Waals surface area contributed by atoms with Crippen LogP contribution in [-0.4, -0.2) is 27.2 Å². The number of carbonyl (C=O) groups excluding carboxylic acids is 1. The number of nitrogens with zero attached hydrogens (tertiary/aromatic N) is 3. The zero-order valence-electron chi connectivity index (χ0n) is 13.1. The Bertz CT molecular complexity index is 902. The first kappa shape index (κ1) is 16.1. The molecule has 0 aliphatic rings. The molecule has 7 heteroatoms. The van der Waals surface area contributed by atoms with Gasteiger partial charge in [-0.3, -0.25) is 9.59 Å². The van der Waals surface area contributed by atoms with Gasteiger partial charge >= 0.3 is 0 Å². The van der Waals surface area contributed by atoms with Crippen molar-refractivity contribution < 1.29 is 4.79 Å². The summed E-state index contributed by atoms with van der Waals surface area (Å²) in [7, 11) is 0. The fourth-order valence-corrected chi connectivity index (χ4v) is 2.85. The van der Waals surface area contributed by atoms with Gasteiger partial charge < -0.3 is 5.32 Å². The predicted octanol–water partition coefficient (Wildman–Crippen LogP) is 1.97. The van der Waals surface area contributed by atoms with Gasteiger partial charge in [-0.25, -0.2) is 4.98 Å². The second kappa shape index (κ2) is 7.18. The zero-order valence-corrected chi connectivity index (χ0v) is 13.9. The topological polar surface area (TPSA) is 76.9 Å². The molecular formula is C17H16N4O2S. The maximum absolute atomic E-state index is 12.2. The van der Waals surface area contributed by atoms with Crippen LogP contribution in [0.3, 0.4) is 0 Å². The van der Waals surface area contributed by atoms with Crippen molar-refractivity contribution in [2.45, 2.75) is 13.3 Å². The summed E-state index contributed by atoms with van der Waals surface area (Å²) in [6.07, 6.45) is 0.661. The molecule has 2 heterocycles. The van der Waals surface area contributed by atoms with Gasteiger partial charge in [0.25, 0.3) is 11.5 Å². The second-order valence-corrected chi connectivity index (χ2v) is 6.23. The third-order valence-electron chi connectivity index (χ3n) is 3.37. The molecular weight excluding hydrogens is 324 g/mol. The van der Waals surface area contributed by atoms with E-state index < -0.39 is 0 Å². The molecule has 0 bridgehead atoms. The molecule has 0 radical (unpaired) electrons. The molecule has 0 saturated carbocycles. The highest BCUT2D eigenvalue weighted by molar-refractivity contribution is 7.09. The molecule has 122 valence electrons. The second-order valence-electron chi connectivity index (χ2n) is 5.17. The molecule has 0 aliphatic heterocycles. The Balaban J connectivity index is 1.70.